The average Bonchev–Trinajstić information content (AvgIpc) is 2.78. The van der Waals surface area contributed by atoms with Gasteiger partial charge in [0, 0.05) is 38.1 Å². The molecule has 0 aromatic heterocycles. The third kappa shape index (κ3) is 8.43. The number of rotatable bonds is 8. The molecule has 2 aromatic rings. The fourth-order valence-corrected chi connectivity index (χ4v) is 3.25. The first-order chi connectivity index (χ1) is 14.9. The van der Waals surface area contributed by atoms with Crippen molar-refractivity contribution in [3.8, 4) is 0 Å². The lowest BCUT2D eigenvalue weighted by Gasteiger charge is -2.21. The molecular formula is C23H28N4O2S2. The van der Waals surface area contributed by atoms with E-state index in [1.165, 1.54) is 0 Å². The van der Waals surface area contributed by atoms with E-state index >= 15 is 0 Å². The van der Waals surface area contributed by atoms with Gasteiger partial charge in [-0.05, 0) is 12.8 Å². The molecule has 0 unspecified atom stereocenters. The molecule has 0 fully saturated rings. The Morgan fingerprint density at radius 3 is 1.39 bits per heavy atom. The zero-order valence-corrected chi connectivity index (χ0v) is 19.5. The number of nitrogens with zero attached hydrogens (tertiary/aromatic N) is 2. The van der Waals surface area contributed by atoms with Crippen LogP contribution < -0.4 is 10.9 Å². The molecule has 0 aliphatic rings. The van der Waals surface area contributed by atoms with E-state index in [1.807, 2.05) is 60.7 Å². The number of hydrogen-bond donors (Lipinski definition) is 2. The van der Waals surface area contributed by atoms with Crippen LogP contribution in [0.2, 0.25) is 0 Å². The Labute approximate surface area is 194 Å². The van der Waals surface area contributed by atoms with Gasteiger partial charge in [-0.3, -0.25) is 30.5 Å². The third-order valence-corrected chi connectivity index (χ3v) is 5.56. The molecule has 0 saturated heterocycles. The zero-order chi connectivity index (χ0) is 22.6. The van der Waals surface area contributed by atoms with Gasteiger partial charge in [0.25, 0.3) is 0 Å². The number of amides is 2. The first-order valence-corrected chi connectivity index (χ1v) is 11.0. The third-order valence-electron chi connectivity index (χ3n) is 4.54. The second kappa shape index (κ2) is 12.8. The van der Waals surface area contributed by atoms with Crippen molar-refractivity contribution in [1.29, 1.82) is 0 Å². The van der Waals surface area contributed by atoms with E-state index < -0.39 is 0 Å². The van der Waals surface area contributed by atoms with Gasteiger partial charge in [-0.25, -0.2) is 0 Å². The fourth-order valence-electron chi connectivity index (χ4n) is 2.88. The maximum atomic E-state index is 12.1. The summed E-state index contributed by atoms with van der Waals surface area (Å²) in [5.41, 5.74) is 7.33. The van der Waals surface area contributed by atoms with Gasteiger partial charge >= 0.3 is 0 Å². The van der Waals surface area contributed by atoms with E-state index in [0.717, 1.165) is 17.5 Å². The van der Waals surface area contributed by atoms with Gasteiger partial charge in [0.2, 0.25) is 11.8 Å². The van der Waals surface area contributed by atoms with E-state index in [1.54, 1.807) is 24.1 Å². The summed E-state index contributed by atoms with van der Waals surface area (Å²) < 4.78 is 0. The molecule has 31 heavy (non-hydrogen) atoms. The molecule has 0 bridgehead atoms. The van der Waals surface area contributed by atoms with Crippen molar-refractivity contribution in [2.75, 3.05) is 14.1 Å². The lowest BCUT2D eigenvalue weighted by atomic mass is 10.1. The van der Waals surface area contributed by atoms with E-state index in [4.69, 9.17) is 24.4 Å². The maximum Gasteiger partial charge on any atom is 0.238 e. The Morgan fingerprint density at radius 2 is 1.03 bits per heavy atom. The summed E-state index contributed by atoms with van der Waals surface area (Å²) in [6.07, 6.45) is 2.93. The van der Waals surface area contributed by atoms with E-state index in [9.17, 15) is 9.59 Å². The summed E-state index contributed by atoms with van der Waals surface area (Å²) in [5, 5.41) is 3.12. The molecule has 0 radical (unpaired) electrons. The number of unbranched alkanes of at least 4 members (excludes halogenated alkanes) is 2. The van der Waals surface area contributed by atoms with Crippen LogP contribution >= 0.6 is 24.4 Å². The van der Waals surface area contributed by atoms with Crippen LogP contribution in [0.3, 0.4) is 0 Å². The lowest BCUT2D eigenvalue weighted by molar-refractivity contribution is -0.124. The van der Waals surface area contributed by atoms with Gasteiger partial charge < -0.3 is 0 Å². The van der Waals surface area contributed by atoms with Gasteiger partial charge in [0.05, 0.1) is 0 Å². The standard InChI is InChI=1S/C23H28N4O2S2/c1-26(22(30)18-12-6-3-7-13-18)24-20(28)16-10-5-11-17-21(29)25-27(2)23(31)19-14-8-4-9-15-19/h3-4,6-9,12-15H,5,10-11,16-17H2,1-2H3,(H,24,28)(H,25,29). The second-order valence-corrected chi connectivity index (χ2v) is 7.86. The molecule has 0 spiro atoms. The first-order valence-electron chi connectivity index (χ1n) is 10.1. The summed E-state index contributed by atoms with van der Waals surface area (Å²) in [4.78, 5) is 25.4. The van der Waals surface area contributed by atoms with Crippen LogP contribution in [0.25, 0.3) is 0 Å². The largest absolute Gasteiger partial charge is 0.277 e. The Morgan fingerprint density at radius 1 is 0.677 bits per heavy atom. The number of nitrogens with one attached hydrogen (secondary N) is 2. The van der Waals surface area contributed by atoms with Crippen molar-refractivity contribution in [3.05, 3.63) is 71.8 Å². The summed E-state index contributed by atoms with van der Waals surface area (Å²) in [6, 6.07) is 19.1. The molecule has 0 aliphatic heterocycles. The van der Waals surface area contributed by atoms with Crippen molar-refractivity contribution in [3.63, 3.8) is 0 Å². The van der Waals surface area contributed by atoms with Crippen LogP contribution in [-0.2, 0) is 9.59 Å². The van der Waals surface area contributed by atoms with Crippen LogP contribution in [0, 0.1) is 0 Å². The minimum Gasteiger partial charge on any atom is -0.277 e. The highest BCUT2D eigenvalue weighted by molar-refractivity contribution is 7.80. The molecule has 2 rings (SSSR count). The maximum absolute atomic E-state index is 12.1. The quantitative estimate of drug-likeness (QED) is 0.359. The minimum atomic E-state index is -0.0989. The summed E-state index contributed by atoms with van der Waals surface area (Å²) >= 11 is 10.8. The number of carbonyl (C=O) groups is 2. The summed E-state index contributed by atoms with van der Waals surface area (Å²) in [5.74, 6) is -0.198. The molecule has 2 amide bonds. The molecule has 0 heterocycles. The van der Waals surface area contributed by atoms with Crippen molar-refractivity contribution in [1.82, 2.24) is 20.9 Å². The SMILES string of the molecule is CN(NC(=O)CCCCCC(=O)NN(C)C(=S)c1ccccc1)C(=S)c1ccccc1. The van der Waals surface area contributed by atoms with E-state index in [0.29, 0.717) is 35.7 Å². The van der Waals surface area contributed by atoms with E-state index in [2.05, 4.69) is 10.9 Å². The molecule has 0 aliphatic carbocycles. The second-order valence-electron chi connectivity index (χ2n) is 7.09. The van der Waals surface area contributed by atoms with Gasteiger partial charge in [-0.15, -0.1) is 0 Å². The van der Waals surface area contributed by atoms with Gasteiger partial charge in [-0.2, -0.15) is 0 Å². The zero-order valence-electron chi connectivity index (χ0n) is 17.8. The Kier molecular flexibility index (Phi) is 10.1. The molecular weight excluding hydrogens is 428 g/mol. The highest BCUT2D eigenvalue weighted by Gasteiger charge is 2.12. The number of hydrogen-bond acceptors (Lipinski definition) is 4. The number of carbonyl (C=O) groups excluding carboxylic acids is 2. The van der Waals surface area contributed by atoms with Gasteiger partial charge in [0.1, 0.15) is 9.98 Å². The monoisotopic (exact) mass is 456 g/mol. The predicted molar refractivity (Wildman–Crippen MR) is 131 cm³/mol. The molecule has 6 nitrogen and oxygen atoms in total. The highest BCUT2D eigenvalue weighted by Crippen LogP contribution is 2.07. The first kappa shape index (κ1) is 24.4. The highest BCUT2D eigenvalue weighted by atomic mass is 32.1. The fraction of sp³-hybridized carbons (Fsp3) is 0.304. The molecule has 2 aromatic carbocycles. The van der Waals surface area contributed by atoms with Gasteiger partial charge in [-0.1, -0.05) is 91.5 Å². The van der Waals surface area contributed by atoms with Crippen molar-refractivity contribution in [2.45, 2.75) is 32.1 Å². The molecule has 0 saturated carbocycles. The van der Waals surface area contributed by atoms with Crippen LogP contribution in [0.1, 0.15) is 43.2 Å². The Bertz CT molecular complexity index is 817. The van der Waals surface area contributed by atoms with Crippen molar-refractivity contribution < 1.29 is 9.59 Å². The van der Waals surface area contributed by atoms with Gasteiger partial charge in [0.15, 0.2) is 0 Å². The molecule has 8 heteroatoms. The number of thiocarbonyl (C=S) groups is 2. The van der Waals surface area contributed by atoms with Crippen LogP contribution in [0.4, 0.5) is 0 Å². The smallest absolute Gasteiger partial charge is 0.238 e. The average molecular weight is 457 g/mol. The minimum absolute atomic E-state index is 0.0989. The topological polar surface area (TPSA) is 64.7 Å². The van der Waals surface area contributed by atoms with Crippen molar-refractivity contribution in [2.24, 2.45) is 0 Å². The predicted octanol–water partition coefficient (Wildman–Crippen LogP) is 3.61. The molecule has 0 atom stereocenters. The lowest BCUT2D eigenvalue weighted by Crippen LogP contribution is -2.43. The van der Waals surface area contributed by atoms with Crippen LogP contribution in [0.5, 0.6) is 0 Å². The number of hydrazine groups is 2. The Hall–Kier alpha value is -2.84. The summed E-state index contributed by atoms with van der Waals surface area (Å²) in [6.45, 7) is 0. The molecule has 164 valence electrons. The van der Waals surface area contributed by atoms with Crippen LogP contribution in [0.15, 0.2) is 60.7 Å². The Balaban J connectivity index is 1.60. The van der Waals surface area contributed by atoms with Crippen molar-refractivity contribution >= 4 is 46.2 Å². The van der Waals surface area contributed by atoms with Crippen LogP contribution in [-0.4, -0.2) is 45.9 Å². The number of benzene rings is 2. The van der Waals surface area contributed by atoms with E-state index in [-0.39, 0.29) is 11.8 Å². The normalized spacial score (nSPS) is 10.1. The molecule has 2 N–H and O–H groups in total. The summed E-state index contributed by atoms with van der Waals surface area (Å²) in [7, 11) is 3.46.